The third kappa shape index (κ3) is 7.92. The first-order chi connectivity index (χ1) is 16.2. The van der Waals surface area contributed by atoms with E-state index in [0.717, 1.165) is 29.9 Å². The summed E-state index contributed by atoms with van der Waals surface area (Å²) >= 11 is 0. The van der Waals surface area contributed by atoms with Gasteiger partial charge >= 0.3 is 0 Å². The minimum absolute atomic E-state index is 0.0474. The largest absolute Gasteiger partial charge is 0.494 e. The fourth-order valence-electron chi connectivity index (χ4n) is 4.27. The summed E-state index contributed by atoms with van der Waals surface area (Å²) in [5.74, 6) is 0.829. The number of aromatic nitrogens is 1. The van der Waals surface area contributed by atoms with Crippen molar-refractivity contribution in [3.63, 3.8) is 0 Å². The minimum atomic E-state index is 0.0474. The normalized spacial score (nSPS) is 11.0. The molecular weight excluding hydrogens is 406 g/mol. The van der Waals surface area contributed by atoms with E-state index in [4.69, 9.17) is 4.74 Å². The lowest BCUT2D eigenvalue weighted by Gasteiger charge is -2.11. The number of hydrogen-bond acceptors (Lipinski definition) is 2. The highest BCUT2D eigenvalue weighted by Gasteiger charge is 2.11. The predicted molar refractivity (Wildman–Crippen MR) is 140 cm³/mol. The molecule has 0 atom stereocenters. The lowest BCUT2D eigenvalue weighted by Crippen LogP contribution is -2.11. The number of pyridine rings is 1. The Kier molecular flexibility index (Phi) is 10.3. The molecule has 0 unspecified atom stereocenters. The molecule has 3 nitrogen and oxygen atoms in total. The predicted octanol–water partition coefficient (Wildman–Crippen LogP) is 8.02. The van der Waals surface area contributed by atoms with Crippen LogP contribution in [0.25, 0.3) is 22.3 Å². The zero-order valence-corrected chi connectivity index (χ0v) is 20.4. The number of rotatable bonds is 14. The van der Waals surface area contributed by atoms with Crippen molar-refractivity contribution < 1.29 is 4.74 Å². The van der Waals surface area contributed by atoms with Crippen LogP contribution in [0.2, 0.25) is 0 Å². The SMILES string of the molecule is CCCCCCCCCCCCOc1cccc(-c2cn(C)cc(-c3ccccc3)c2=O)c1. The molecule has 0 amide bonds. The molecule has 176 valence electrons. The van der Waals surface area contributed by atoms with Gasteiger partial charge in [-0.15, -0.1) is 0 Å². The first-order valence-electron chi connectivity index (χ1n) is 12.7. The fourth-order valence-corrected chi connectivity index (χ4v) is 4.27. The Morgan fingerprint density at radius 1 is 0.697 bits per heavy atom. The van der Waals surface area contributed by atoms with Gasteiger partial charge in [-0.25, -0.2) is 0 Å². The number of unbranched alkanes of at least 4 members (excludes halogenated alkanes) is 9. The van der Waals surface area contributed by atoms with Crippen molar-refractivity contribution in [2.75, 3.05) is 6.61 Å². The molecule has 0 aliphatic heterocycles. The van der Waals surface area contributed by atoms with Crippen LogP contribution in [0.15, 0.2) is 71.8 Å². The molecule has 1 aromatic heterocycles. The Balaban J connectivity index is 1.51. The molecule has 0 bridgehead atoms. The Labute approximate surface area is 199 Å². The Morgan fingerprint density at radius 3 is 1.94 bits per heavy atom. The smallest absolute Gasteiger partial charge is 0.197 e. The van der Waals surface area contributed by atoms with Gasteiger partial charge in [0.25, 0.3) is 0 Å². The summed E-state index contributed by atoms with van der Waals surface area (Å²) in [4.78, 5) is 13.2. The molecule has 1 heterocycles. The van der Waals surface area contributed by atoms with E-state index in [1.807, 2.05) is 78.6 Å². The van der Waals surface area contributed by atoms with Crippen LogP contribution in [-0.2, 0) is 7.05 Å². The van der Waals surface area contributed by atoms with E-state index in [2.05, 4.69) is 6.92 Å². The molecule has 3 heteroatoms. The monoisotopic (exact) mass is 445 g/mol. The van der Waals surface area contributed by atoms with Gasteiger partial charge in [0.2, 0.25) is 0 Å². The average molecular weight is 446 g/mol. The highest BCUT2D eigenvalue weighted by Crippen LogP contribution is 2.24. The third-order valence-corrected chi connectivity index (χ3v) is 6.15. The van der Waals surface area contributed by atoms with Gasteiger partial charge in [0.05, 0.1) is 6.61 Å². The van der Waals surface area contributed by atoms with E-state index in [9.17, 15) is 4.79 Å². The fraction of sp³-hybridized carbons (Fsp3) is 0.433. The second-order valence-corrected chi connectivity index (χ2v) is 9.00. The topological polar surface area (TPSA) is 31.2 Å². The molecule has 0 aliphatic rings. The van der Waals surface area contributed by atoms with E-state index in [1.165, 1.54) is 57.8 Å². The summed E-state index contributed by atoms with van der Waals surface area (Å²) in [6.45, 7) is 2.99. The first-order valence-corrected chi connectivity index (χ1v) is 12.7. The standard InChI is InChI=1S/C30H39NO2/c1-3-4-5-6-7-8-9-10-11-15-21-33-27-20-16-19-26(22-27)29-24-31(2)23-28(30(29)32)25-17-13-12-14-18-25/h12-14,16-20,22-24H,3-11,15,21H2,1-2H3. The summed E-state index contributed by atoms with van der Waals surface area (Å²) in [6, 6.07) is 17.8. The van der Waals surface area contributed by atoms with Crippen molar-refractivity contribution in [3.8, 4) is 28.0 Å². The lowest BCUT2D eigenvalue weighted by molar-refractivity contribution is 0.304. The number of ether oxygens (including phenoxy) is 1. The molecule has 2 aromatic carbocycles. The van der Waals surface area contributed by atoms with Gasteiger partial charge in [0, 0.05) is 30.6 Å². The molecule has 33 heavy (non-hydrogen) atoms. The maximum Gasteiger partial charge on any atom is 0.197 e. The van der Waals surface area contributed by atoms with Gasteiger partial charge in [-0.2, -0.15) is 0 Å². The van der Waals surface area contributed by atoms with Gasteiger partial charge in [0.15, 0.2) is 5.43 Å². The maximum atomic E-state index is 13.2. The van der Waals surface area contributed by atoms with Crippen molar-refractivity contribution in [3.05, 3.63) is 77.2 Å². The molecule has 0 N–H and O–H groups in total. The molecule has 0 saturated heterocycles. The van der Waals surface area contributed by atoms with Crippen molar-refractivity contribution in [2.24, 2.45) is 7.05 Å². The molecule has 3 aromatic rings. The van der Waals surface area contributed by atoms with Gasteiger partial charge in [-0.3, -0.25) is 4.79 Å². The summed E-state index contributed by atoms with van der Waals surface area (Å²) in [5, 5.41) is 0. The van der Waals surface area contributed by atoms with Crippen molar-refractivity contribution in [2.45, 2.75) is 71.1 Å². The Morgan fingerprint density at radius 2 is 1.27 bits per heavy atom. The number of hydrogen-bond donors (Lipinski definition) is 0. The molecule has 0 spiro atoms. The van der Waals surface area contributed by atoms with E-state index < -0.39 is 0 Å². The Hall–Kier alpha value is -2.81. The molecule has 0 saturated carbocycles. The highest BCUT2D eigenvalue weighted by atomic mass is 16.5. The van der Waals surface area contributed by atoms with Crippen LogP contribution < -0.4 is 10.2 Å². The van der Waals surface area contributed by atoms with Crippen LogP contribution in [0.5, 0.6) is 5.75 Å². The maximum absolute atomic E-state index is 13.2. The van der Waals surface area contributed by atoms with Crippen molar-refractivity contribution in [1.29, 1.82) is 0 Å². The van der Waals surface area contributed by atoms with Crippen molar-refractivity contribution in [1.82, 2.24) is 4.57 Å². The summed E-state index contributed by atoms with van der Waals surface area (Å²) < 4.78 is 7.97. The van der Waals surface area contributed by atoms with Crippen LogP contribution in [0.3, 0.4) is 0 Å². The average Bonchev–Trinajstić information content (AvgIpc) is 2.84. The molecule has 0 aliphatic carbocycles. The number of benzene rings is 2. The summed E-state index contributed by atoms with van der Waals surface area (Å²) in [5.41, 5.74) is 3.30. The second kappa shape index (κ2) is 13.7. The quantitative estimate of drug-likeness (QED) is 0.235. The van der Waals surface area contributed by atoms with E-state index in [1.54, 1.807) is 0 Å². The van der Waals surface area contributed by atoms with E-state index >= 15 is 0 Å². The number of nitrogens with zero attached hydrogens (tertiary/aromatic N) is 1. The first kappa shape index (κ1) is 24.8. The van der Waals surface area contributed by atoms with Crippen LogP contribution in [0, 0.1) is 0 Å². The summed E-state index contributed by atoms with van der Waals surface area (Å²) in [7, 11) is 1.96. The van der Waals surface area contributed by atoms with E-state index in [0.29, 0.717) is 11.1 Å². The molecule has 0 fully saturated rings. The van der Waals surface area contributed by atoms with Gasteiger partial charge in [-0.1, -0.05) is 107 Å². The van der Waals surface area contributed by atoms with Crippen LogP contribution in [-0.4, -0.2) is 11.2 Å². The van der Waals surface area contributed by atoms with Gasteiger partial charge < -0.3 is 9.30 Å². The van der Waals surface area contributed by atoms with Crippen LogP contribution in [0.1, 0.15) is 71.1 Å². The molecular formula is C30H39NO2. The van der Waals surface area contributed by atoms with Crippen LogP contribution in [0.4, 0.5) is 0 Å². The summed E-state index contributed by atoms with van der Waals surface area (Å²) in [6.07, 6.45) is 16.9. The van der Waals surface area contributed by atoms with Crippen LogP contribution >= 0.6 is 0 Å². The molecule has 3 rings (SSSR count). The van der Waals surface area contributed by atoms with E-state index in [-0.39, 0.29) is 5.43 Å². The zero-order valence-electron chi connectivity index (χ0n) is 20.4. The number of aryl methyl sites for hydroxylation is 1. The zero-order chi connectivity index (χ0) is 23.3. The molecule has 0 radical (unpaired) electrons. The van der Waals surface area contributed by atoms with Gasteiger partial charge in [-0.05, 0) is 29.7 Å². The third-order valence-electron chi connectivity index (χ3n) is 6.15. The van der Waals surface area contributed by atoms with Crippen molar-refractivity contribution >= 4 is 0 Å². The second-order valence-electron chi connectivity index (χ2n) is 9.00. The minimum Gasteiger partial charge on any atom is -0.494 e. The Bertz CT molecular complexity index is 1020. The lowest BCUT2D eigenvalue weighted by atomic mass is 10.0. The van der Waals surface area contributed by atoms with Gasteiger partial charge in [0.1, 0.15) is 5.75 Å². The highest BCUT2D eigenvalue weighted by molar-refractivity contribution is 5.72.